The first kappa shape index (κ1) is 23.3. The normalized spacial score (nSPS) is 19.4. The van der Waals surface area contributed by atoms with Crippen LogP contribution in [-0.4, -0.2) is 51.5 Å². The molecule has 3 aromatic rings. The number of nitrogens with one attached hydrogen (secondary N) is 3. The zero-order valence-corrected chi connectivity index (χ0v) is 19.3. The number of thiazole rings is 1. The second-order valence-electron chi connectivity index (χ2n) is 8.86. The van der Waals surface area contributed by atoms with Crippen LogP contribution in [0, 0.1) is 0 Å². The van der Waals surface area contributed by atoms with Gasteiger partial charge in [-0.3, -0.25) is 4.79 Å². The number of halogens is 2. The molecule has 3 unspecified atom stereocenters. The monoisotopic (exact) mass is 475 g/mol. The number of carbonyl (C=O) groups is 1. The predicted octanol–water partition coefficient (Wildman–Crippen LogP) is 4.58. The molecule has 176 valence electrons. The second-order valence-corrected chi connectivity index (χ2v) is 9.74. The third kappa shape index (κ3) is 5.75. The number of hydrogen-bond donors (Lipinski definition) is 4. The number of rotatable bonds is 8. The van der Waals surface area contributed by atoms with Crippen molar-refractivity contribution in [3.05, 3.63) is 41.5 Å². The molecule has 0 saturated heterocycles. The lowest BCUT2D eigenvalue weighted by Crippen LogP contribution is -2.42. The Balaban J connectivity index is 1.55. The fourth-order valence-electron chi connectivity index (χ4n) is 3.71. The van der Waals surface area contributed by atoms with Crippen molar-refractivity contribution in [3.8, 4) is 0 Å². The number of aromatic nitrogens is 2. The first-order chi connectivity index (χ1) is 15.7. The molecule has 1 aliphatic carbocycles. The molecule has 4 rings (SSSR count). The van der Waals surface area contributed by atoms with E-state index in [2.05, 4.69) is 25.9 Å². The van der Waals surface area contributed by atoms with E-state index in [-0.39, 0.29) is 18.2 Å². The smallest absolute Gasteiger partial charge is 0.255 e. The molecule has 1 fully saturated rings. The van der Waals surface area contributed by atoms with Crippen LogP contribution in [0.1, 0.15) is 43.5 Å². The van der Waals surface area contributed by atoms with Crippen molar-refractivity contribution >= 4 is 44.7 Å². The minimum atomic E-state index is -1.63. The summed E-state index contributed by atoms with van der Waals surface area (Å²) in [5.41, 5.74) is 2.65. The number of nitrogens with zero attached hydrogens (tertiary/aromatic N) is 2. The average Bonchev–Trinajstić information content (AvgIpc) is 3.39. The SMILES string of the molecule is CC(C)(O)C(F)CNC(=O)c1cnc(Nc2ccc3ncsc3c2)cc1NC1CCC(F)C1. The third-order valence-electron chi connectivity index (χ3n) is 5.69. The Morgan fingerprint density at radius 1 is 1.30 bits per heavy atom. The van der Waals surface area contributed by atoms with Crippen LogP contribution in [0.3, 0.4) is 0 Å². The van der Waals surface area contributed by atoms with Gasteiger partial charge in [0.25, 0.3) is 5.91 Å². The number of amides is 1. The van der Waals surface area contributed by atoms with Crippen LogP contribution < -0.4 is 16.0 Å². The van der Waals surface area contributed by atoms with Gasteiger partial charge in [0.2, 0.25) is 0 Å². The number of pyridine rings is 1. The molecule has 4 N–H and O–H groups in total. The Morgan fingerprint density at radius 3 is 2.85 bits per heavy atom. The zero-order valence-electron chi connectivity index (χ0n) is 18.4. The number of aliphatic hydroxyl groups is 1. The molecule has 1 saturated carbocycles. The topological polar surface area (TPSA) is 99.2 Å². The predicted molar refractivity (Wildman–Crippen MR) is 127 cm³/mol. The Morgan fingerprint density at radius 2 is 2.12 bits per heavy atom. The van der Waals surface area contributed by atoms with Crippen LogP contribution in [0.5, 0.6) is 0 Å². The minimum Gasteiger partial charge on any atom is -0.387 e. The van der Waals surface area contributed by atoms with Crippen LogP contribution in [0.25, 0.3) is 10.2 Å². The summed E-state index contributed by atoms with van der Waals surface area (Å²) in [6.07, 6.45) is 0.393. The summed E-state index contributed by atoms with van der Waals surface area (Å²) >= 11 is 1.53. The lowest BCUT2D eigenvalue weighted by atomic mass is 10.0. The highest BCUT2D eigenvalue weighted by molar-refractivity contribution is 7.16. The van der Waals surface area contributed by atoms with E-state index in [4.69, 9.17) is 0 Å². The minimum absolute atomic E-state index is 0.111. The van der Waals surface area contributed by atoms with Crippen molar-refractivity contribution in [2.75, 3.05) is 17.2 Å². The Hall–Kier alpha value is -2.85. The summed E-state index contributed by atoms with van der Waals surface area (Å²) in [5, 5.41) is 18.8. The zero-order chi connectivity index (χ0) is 23.6. The molecule has 2 heterocycles. The van der Waals surface area contributed by atoms with E-state index < -0.39 is 23.9 Å². The van der Waals surface area contributed by atoms with Gasteiger partial charge in [0.1, 0.15) is 18.2 Å². The Kier molecular flexibility index (Phi) is 6.76. The number of benzene rings is 1. The molecule has 0 radical (unpaired) electrons. The molecule has 1 amide bonds. The van der Waals surface area contributed by atoms with Crippen molar-refractivity contribution in [2.24, 2.45) is 0 Å². The molecule has 0 aliphatic heterocycles. The lowest BCUT2D eigenvalue weighted by Gasteiger charge is -2.23. The molecule has 1 aliphatic rings. The third-order valence-corrected chi connectivity index (χ3v) is 6.48. The fraction of sp³-hybridized carbons (Fsp3) is 0.435. The van der Waals surface area contributed by atoms with Crippen LogP contribution in [-0.2, 0) is 0 Å². The highest BCUT2D eigenvalue weighted by Crippen LogP contribution is 2.29. The summed E-state index contributed by atoms with van der Waals surface area (Å²) in [7, 11) is 0. The molecule has 3 atom stereocenters. The number of carbonyl (C=O) groups excluding carboxylic acids is 1. The molecule has 7 nitrogen and oxygen atoms in total. The largest absolute Gasteiger partial charge is 0.387 e. The molecular formula is C23H27F2N5O2S. The molecule has 0 spiro atoms. The Labute approximate surface area is 194 Å². The van der Waals surface area contributed by atoms with Gasteiger partial charge in [0, 0.05) is 24.0 Å². The van der Waals surface area contributed by atoms with Gasteiger partial charge in [0.15, 0.2) is 0 Å². The van der Waals surface area contributed by atoms with Crippen molar-refractivity contribution in [3.63, 3.8) is 0 Å². The standard InChI is InChI=1S/C23H27F2N5O2S/c1-23(2,32)20(25)11-27-22(31)16-10-26-21(9-18(16)29-14-4-3-13(24)7-14)30-15-5-6-17-19(8-15)33-12-28-17/h5-6,8-10,12-14,20,32H,3-4,7,11H2,1-2H3,(H,27,31)(H2,26,29,30). The number of fused-ring (bicyclic) bond motifs is 1. The molecule has 2 aromatic heterocycles. The maximum atomic E-state index is 14.1. The van der Waals surface area contributed by atoms with Gasteiger partial charge >= 0.3 is 0 Å². The van der Waals surface area contributed by atoms with Gasteiger partial charge in [-0.25, -0.2) is 18.7 Å². The quantitative estimate of drug-likeness (QED) is 0.381. The first-order valence-corrected chi connectivity index (χ1v) is 11.7. The van der Waals surface area contributed by atoms with Crippen LogP contribution in [0.4, 0.5) is 26.0 Å². The van der Waals surface area contributed by atoms with E-state index in [1.165, 1.54) is 31.4 Å². The van der Waals surface area contributed by atoms with E-state index in [1.54, 1.807) is 11.6 Å². The molecular weight excluding hydrogens is 448 g/mol. The van der Waals surface area contributed by atoms with E-state index in [1.807, 2.05) is 18.2 Å². The van der Waals surface area contributed by atoms with Gasteiger partial charge in [-0.1, -0.05) is 0 Å². The summed E-state index contributed by atoms with van der Waals surface area (Å²) in [6.45, 7) is 2.35. The number of hydrogen-bond acceptors (Lipinski definition) is 7. The highest BCUT2D eigenvalue weighted by Gasteiger charge is 2.28. The van der Waals surface area contributed by atoms with E-state index >= 15 is 0 Å². The first-order valence-electron chi connectivity index (χ1n) is 10.8. The maximum Gasteiger partial charge on any atom is 0.255 e. The van der Waals surface area contributed by atoms with Gasteiger partial charge in [-0.2, -0.15) is 0 Å². The van der Waals surface area contributed by atoms with E-state index in [9.17, 15) is 18.7 Å². The van der Waals surface area contributed by atoms with Crippen molar-refractivity contribution in [2.45, 2.75) is 57.1 Å². The number of anilines is 3. The molecule has 10 heteroatoms. The van der Waals surface area contributed by atoms with Gasteiger partial charge in [0.05, 0.1) is 39.1 Å². The highest BCUT2D eigenvalue weighted by atomic mass is 32.1. The fourth-order valence-corrected chi connectivity index (χ4v) is 4.43. The molecule has 33 heavy (non-hydrogen) atoms. The van der Waals surface area contributed by atoms with Gasteiger partial charge in [-0.15, -0.1) is 11.3 Å². The van der Waals surface area contributed by atoms with Crippen molar-refractivity contribution < 1.29 is 18.7 Å². The van der Waals surface area contributed by atoms with Crippen molar-refractivity contribution in [1.82, 2.24) is 15.3 Å². The van der Waals surface area contributed by atoms with Crippen LogP contribution in [0.2, 0.25) is 0 Å². The van der Waals surface area contributed by atoms with Crippen LogP contribution in [0.15, 0.2) is 36.0 Å². The van der Waals surface area contributed by atoms with E-state index in [0.29, 0.717) is 30.8 Å². The number of alkyl halides is 2. The molecule has 0 bridgehead atoms. The lowest BCUT2D eigenvalue weighted by molar-refractivity contribution is -0.00177. The summed E-state index contributed by atoms with van der Waals surface area (Å²) in [5.74, 6) is -0.0168. The van der Waals surface area contributed by atoms with E-state index in [0.717, 1.165) is 15.9 Å². The van der Waals surface area contributed by atoms with Crippen molar-refractivity contribution in [1.29, 1.82) is 0 Å². The van der Waals surface area contributed by atoms with Crippen LogP contribution >= 0.6 is 11.3 Å². The maximum absolute atomic E-state index is 14.1. The Bertz CT molecular complexity index is 1130. The van der Waals surface area contributed by atoms with Gasteiger partial charge in [-0.05, 0) is 51.3 Å². The second kappa shape index (κ2) is 9.56. The average molecular weight is 476 g/mol. The molecule has 1 aromatic carbocycles. The summed E-state index contributed by atoms with van der Waals surface area (Å²) in [6, 6.07) is 7.34. The summed E-state index contributed by atoms with van der Waals surface area (Å²) in [4.78, 5) is 21.4. The van der Waals surface area contributed by atoms with Gasteiger partial charge < -0.3 is 21.1 Å². The summed E-state index contributed by atoms with van der Waals surface area (Å²) < 4.78 is 28.8.